The number of allylic oxidation sites excluding steroid dienone is 1. The Morgan fingerprint density at radius 1 is 0.952 bits per heavy atom. The zero-order valence-electron chi connectivity index (χ0n) is 12.6. The third-order valence-electron chi connectivity index (χ3n) is 3.36. The number of carbonyl (C=O) groups is 1. The Morgan fingerprint density at radius 3 is 2.05 bits per heavy atom. The second-order valence-corrected chi connectivity index (χ2v) is 6.12. The third kappa shape index (κ3) is 4.06. The third-order valence-corrected chi connectivity index (χ3v) is 3.36. The lowest BCUT2D eigenvalue weighted by Gasteiger charge is -2.18. The second kappa shape index (κ2) is 5.96. The summed E-state index contributed by atoms with van der Waals surface area (Å²) < 4.78 is 0. The molecule has 0 unspecified atom stereocenters. The number of rotatable bonds is 3. The van der Waals surface area contributed by atoms with E-state index in [1.807, 2.05) is 24.3 Å². The Bertz CT molecular complexity index is 641. The van der Waals surface area contributed by atoms with E-state index >= 15 is 0 Å². The molecule has 0 aliphatic rings. The van der Waals surface area contributed by atoms with Crippen molar-refractivity contribution in [3.05, 3.63) is 71.3 Å². The second-order valence-electron chi connectivity index (χ2n) is 6.12. The van der Waals surface area contributed by atoms with Gasteiger partial charge in [0.2, 0.25) is 0 Å². The fraction of sp³-hybridized carbons (Fsp3) is 0.211. The van der Waals surface area contributed by atoms with Crippen molar-refractivity contribution in [2.45, 2.75) is 26.2 Å². The maximum atomic E-state index is 12.1. The number of hydrogen-bond donors (Lipinski definition) is 1. The predicted molar refractivity (Wildman–Crippen MR) is 86.6 cm³/mol. The summed E-state index contributed by atoms with van der Waals surface area (Å²) in [5.74, 6) is 0.194. The molecule has 2 aromatic rings. The molecule has 0 aliphatic carbocycles. The lowest BCUT2D eigenvalue weighted by Crippen LogP contribution is -2.11. The number of ketones is 1. The molecule has 2 nitrogen and oxygen atoms in total. The van der Waals surface area contributed by atoms with Crippen LogP contribution in [0.25, 0.3) is 6.08 Å². The zero-order valence-corrected chi connectivity index (χ0v) is 12.6. The number of carbonyl (C=O) groups excluding carboxylic acids is 1. The van der Waals surface area contributed by atoms with Crippen molar-refractivity contribution in [3.63, 3.8) is 0 Å². The molecule has 2 rings (SSSR count). The van der Waals surface area contributed by atoms with Gasteiger partial charge in [0.15, 0.2) is 5.78 Å². The molecule has 0 aliphatic heterocycles. The van der Waals surface area contributed by atoms with Crippen molar-refractivity contribution in [3.8, 4) is 5.75 Å². The van der Waals surface area contributed by atoms with Crippen LogP contribution in [-0.4, -0.2) is 10.9 Å². The van der Waals surface area contributed by atoms with Crippen molar-refractivity contribution in [2.75, 3.05) is 0 Å². The lowest BCUT2D eigenvalue weighted by atomic mass is 9.86. The highest BCUT2D eigenvalue weighted by atomic mass is 16.3. The maximum Gasteiger partial charge on any atom is 0.185 e. The first-order valence-electron chi connectivity index (χ1n) is 6.98. The van der Waals surface area contributed by atoms with Gasteiger partial charge in [0.1, 0.15) is 5.75 Å². The molecule has 0 bridgehead atoms. The SMILES string of the molecule is CC(C)(C)c1ccc(C(=O)/C=C/c2ccc(O)cc2)cc1. The van der Waals surface area contributed by atoms with Crippen LogP contribution in [0.1, 0.15) is 42.3 Å². The van der Waals surface area contributed by atoms with Gasteiger partial charge < -0.3 is 5.11 Å². The summed E-state index contributed by atoms with van der Waals surface area (Å²) in [6.45, 7) is 6.44. The van der Waals surface area contributed by atoms with Gasteiger partial charge in [-0.25, -0.2) is 0 Å². The fourth-order valence-corrected chi connectivity index (χ4v) is 1.99. The van der Waals surface area contributed by atoms with Crippen LogP contribution in [0.3, 0.4) is 0 Å². The van der Waals surface area contributed by atoms with Crippen molar-refractivity contribution in [2.24, 2.45) is 0 Å². The summed E-state index contributed by atoms with van der Waals surface area (Å²) in [6, 6.07) is 14.5. The van der Waals surface area contributed by atoms with E-state index in [2.05, 4.69) is 20.8 Å². The molecule has 0 heterocycles. The highest BCUT2D eigenvalue weighted by Crippen LogP contribution is 2.22. The summed E-state index contributed by atoms with van der Waals surface area (Å²) in [4.78, 5) is 12.1. The van der Waals surface area contributed by atoms with Gasteiger partial charge >= 0.3 is 0 Å². The van der Waals surface area contributed by atoms with Crippen LogP contribution < -0.4 is 0 Å². The molecule has 2 heteroatoms. The normalized spacial score (nSPS) is 11.8. The van der Waals surface area contributed by atoms with E-state index in [9.17, 15) is 9.90 Å². The molecule has 2 aromatic carbocycles. The van der Waals surface area contributed by atoms with E-state index in [0.717, 1.165) is 5.56 Å². The minimum absolute atomic E-state index is 0.0245. The maximum absolute atomic E-state index is 12.1. The highest BCUT2D eigenvalue weighted by Gasteiger charge is 2.13. The number of phenolic OH excluding ortho intramolecular Hbond substituents is 1. The molecule has 0 fully saturated rings. The van der Waals surface area contributed by atoms with E-state index in [0.29, 0.717) is 5.56 Å². The van der Waals surface area contributed by atoms with E-state index in [1.165, 1.54) is 5.56 Å². The van der Waals surface area contributed by atoms with E-state index in [1.54, 1.807) is 36.4 Å². The molecule has 0 saturated heterocycles. The first-order valence-corrected chi connectivity index (χ1v) is 6.98. The first kappa shape index (κ1) is 15.0. The van der Waals surface area contributed by atoms with Crippen molar-refractivity contribution < 1.29 is 9.90 Å². The molecule has 0 atom stereocenters. The van der Waals surface area contributed by atoms with Gasteiger partial charge in [0.25, 0.3) is 0 Å². The Balaban J connectivity index is 2.11. The predicted octanol–water partition coefficient (Wildman–Crippen LogP) is 4.59. The van der Waals surface area contributed by atoms with Crippen LogP contribution in [0.5, 0.6) is 5.75 Å². The Hall–Kier alpha value is -2.35. The van der Waals surface area contributed by atoms with Gasteiger partial charge in [-0.3, -0.25) is 4.79 Å². The molecular weight excluding hydrogens is 260 g/mol. The van der Waals surface area contributed by atoms with Gasteiger partial charge in [-0.05, 0) is 34.8 Å². The first-order chi connectivity index (χ1) is 9.86. The Labute approximate surface area is 125 Å². The molecular formula is C19H20O2. The van der Waals surface area contributed by atoms with Gasteiger partial charge in [0.05, 0.1) is 0 Å². The summed E-state index contributed by atoms with van der Waals surface area (Å²) in [7, 11) is 0. The Morgan fingerprint density at radius 2 is 1.52 bits per heavy atom. The molecule has 0 spiro atoms. The minimum atomic E-state index is -0.0245. The van der Waals surface area contributed by atoms with Gasteiger partial charge in [-0.15, -0.1) is 0 Å². The summed E-state index contributed by atoms with van der Waals surface area (Å²) in [5.41, 5.74) is 2.86. The summed E-state index contributed by atoms with van der Waals surface area (Å²) >= 11 is 0. The smallest absolute Gasteiger partial charge is 0.185 e. The zero-order chi connectivity index (χ0) is 15.5. The van der Waals surface area contributed by atoms with Crippen LogP contribution in [0.15, 0.2) is 54.6 Å². The van der Waals surface area contributed by atoms with Gasteiger partial charge in [-0.2, -0.15) is 0 Å². The van der Waals surface area contributed by atoms with Crippen LogP contribution in [0, 0.1) is 0 Å². The van der Waals surface area contributed by atoms with Crippen LogP contribution in [-0.2, 0) is 5.41 Å². The lowest BCUT2D eigenvalue weighted by molar-refractivity contribution is 0.104. The number of aromatic hydroxyl groups is 1. The van der Waals surface area contributed by atoms with Crippen molar-refractivity contribution in [1.82, 2.24) is 0 Å². The molecule has 0 radical (unpaired) electrons. The van der Waals surface area contributed by atoms with Crippen molar-refractivity contribution in [1.29, 1.82) is 0 Å². The standard InChI is InChI=1S/C19H20O2/c1-19(2,3)16-9-7-15(8-10-16)18(21)13-6-14-4-11-17(20)12-5-14/h4-13,20H,1-3H3/b13-6+. The number of phenols is 1. The molecule has 1 N–H and O–H groups in total. The van der Waals surface area contributed by atoms with Gasteiger partial charge in [-0.1, -0.05) is 63.2 Å². The van der Waals surface area contributed by atoms with E-state index in [4.69, 9.17) is 0 Å². The molecule has 21 heavy (non-hydrogen) atoms. The Kier molecular flexibility index (Phi) is 4.27. The summed E-state index contributed by atoms with van der Waals surface area (Å²) in [5, 5.41) is 9.21. The highest BCUT2D eigenvalue weighted by molar-refractivity contribution is 6.06. The quantitative estimate of drug-likeness (QED) is 0.659. The number of hydrogen-bond acceptors (Lipinski definition) is 2. The molecule has 0 aromatic heterocycles. The number of benzene rings is 2. The van der Waals surface area contributed by atoms with Crippen LogP contribution in [0.2, 0.25) is 0 Å². The average molecular weight is 280 g/mol. The van der Waals surface area contributed by atoms with Crippen LogP contribution in [0.4, 0.5) is 0 Å². The summed E-state index contributed by atoms with van der Waals surface area (Å²) in [6.07, 6.45) is 3.30. The van der Waals surface area contributed by atoms with Gasteiger partial charge in [0, 0.05) is 5.56 Å². The monoisotopic (exact) mass is 280 g/mol. The molecule has 0 amide bonds. The van der Waals surface area contributed by atoms with Crippen LogP contribution >= 0.6 is 0 Å². The fourth-order valence-electron chi connectivity index (χ4n) is 1.99. The van der Waals surface area contributed by atoms with E-state index in [-0.39, 0.29) is 16.9 Å². The topological polar surface area (TPSA) is 37.3 Å². The molecule has 0 saturated carbocycles. The van der Waals surface area contributed by atoms with E-state index < -0.39 is 0 Å². The van der Waals surface area contributed by atoms with Crippen molar-refractivity contribution >= 4 is 11.9 Å². The molecule has 108 valence electrons. The minimum Gasteiger partial charge on any atom is -0.508 e. The average Bonchev–Trinajstić information content (AvgIpc) is 2.45. The largest absolute Gasteiger partial charge is 0.508 e.